The summed E-state index contributed by atoms with van der Waals surface area (Å²) in [6.07, 6.45) is -0.221. The van der Waals surface area contributed by atoms with Gasteiger partial charge in [-0.05, 0) is 41.0 Å². The van der Waals surface area contributed by atoms with Crippen molar-refractivity contribution in [2.24, 2.45) is 0 Å². The fourth-order valence-corrected chi connectivity index (χ4v) is 4.65. The molecule has 0 saturated carbocycles. The molecule has 3 aromatic carbocycles. The minimum Gasteiger partial charge on any atom is -0.445 e. The number of carbonyl (C=O) groups excluding carboxylic acids is 1. The number of amides is 1. The van der Waals surface area contributed by atoms with Crippen molar-refractivity contribution in [3.63, 3.8) is 0 Å². The fraction of sp³-hybridized carbons (Fsp3) is 0.269. The highest BCUT2D eigenvalue weighted by molar-refractivity contribution is 9.10. The highest BCUT2D eigenvalue weighted by Gasteiger charge is 2.22. The van der Waals surface area contributed by atoms with E-state index in [2.05, 4.69) is 83.0 Å². The van der Waals surface area contributed by atoms with Crippen LogP contribution in [0.4, 0.5) is 4.79 Å². The van der Waals surface area contributed by atoms with E-state index in [4.69, 9.17) is 4.74 Å². The molecule has 0 spiro atoms. The van der Waals surface area contributed by atoms with Gasteiger partial charge >= 0.3 is 6.09 Å². The molecule has 174 valence electrons. The summed E-state index contributed by atoms with van der Waals surface area (Å²) in [5, 5.41) is 0.923. The molecule has 7 heteroatoms. The van der Waals surface area contributed by atoms with E-state index in [0.717, 1.165) is 39.5 Å². The average molecular weight is 639 g/mol. The lowest BCUT2D eigenvalue weighted by Crippen LogP contribution is -2.48. The summed E-state index contributed by atoms with van der Waals surface area (Å²) in [6, 6.07) is 26.4. The van der Waals surface area contributed by atoms with Crippen LogP contribution in [0.1, 0.15) is 16.7 Å². The number of piperazine rings is 1. The summed E-state index contributed by atoms with van der Waals surface area (Å²) in [7, 11) is 0. The standard InChI is InChI=1S/C19H21BrN2O2.C7H6Br2/c20-18-8-4-7-17(13-18)14-21-9-11-22(12-10-21)19(23)24-15-16-5-2-1-3-6-16;8-5-6-2-1-3-7(9)4-6/h1-8,13H,9-12,14-15H2;1-4H,5H2. The molecule has 33 heavy (non-hydrogen) atoms. The molecule has 4 nitrogen and oxygen atoms in total. The van der Waals surface area contributed by atoms with Crippen LogP contribution in [0.15, 0.2) is 87.8 Å². The molecule has 0 N–H and O–H groups in total. The van der Waals surface area contributed by atoms with E-state index in [1.165, 1.54) is 11.1 Å². The molecule has 1 fully saturated rings. The first-order valence-electron chi connectivity index (χ1n) is 10.8. The van der Waals surface area contributed by atoms with Crippen LogP contribution in [0.5, 0.6) is 0 Å². The topological polar surface area (TPSA) is 32.8 Å². The lowest BCUT2D eigenvalue weighted by Gasteiger charge is -2.34. The Balaban J connectivity index is 0.000000286. The van der Waals surface area contributed by atoms with Crippen molar-refractivity contribution in [2.45, 2.75) is 18.5 Å². The molecular formula is C26H27Br3N2O2. The third kappa shape index (κ3) is 9.24. The van der Waals surface area contributed by atoms with Crippen molar-refractivity contribution in [3.05, 3.63) is 104 Å². The average Bonchev–Trinajstić information content (AvgIpc) is 2.84. The molecule has 4 rings (SSSR count). The van der Waals surface area contributed by atoms with Crippen LogP contribution < -0.4 is 0 Å². The zero-order chi connectivity index (χ0) is 23.5. The van der Waals surface area contributed by atoms with E-state index >= 15 is 0 Å². The first-order valence-corrected chi connectivity index (χ1v) is 13.5. The Morgan fingerprint density at radius 3 is 1.91 bits per heavy atom. The summed E-state index contributed by atoms with van der Waals surface area (Å²) in [6.45, 7) is 4.40. The van der Waals surface area contributed by atoms with Crippen molar-refractivity contribution in [1.29, 1.82) is 0 Å². The number of benzene rings is 3. The second kappa shape index (κ2) is 13.9. The number of rotatable bonds is 5. The Bertz CT molecular complexity index is 1010. The van der Waals surface area contributed by atoms with Gasteiger partial charge in [-0.15, -0.1) is 0 Å². The third-order valence-electron chi connectivity index (χ3n) is 5.17. The van der Waals surface area contributed by atoms with Crippen LogP contribution in [0.2, 0.25) is 0 Å². The fourth-order valence-electron chi connectivity index (χ4n) is 3.41. The summed E-state index contributed by atoms with van der Waals surface area (Å²) in [5.74, 6) is 0. The first-order chi connectivity index (χ1) is 16.0. The molecule has 0 bridgehead atoms. The summed E-state index contributed by atoms with van der Waals surface area (Å²) >= 11 is 10.3. The minimum absolute atomic E-state index is 0.221. The molecular weight excluding hydrogens is 612 g/mol. The van der Waals surface area contributed by atoms with Gasteiger partial charge in [0.25, 0.3) is 0 Å². The predicted molar refractivity (Wildman–Crippen MR) is 144 cm³/mol. The monoisotopic (exact) mass is 636 g/mol. The largest absolute Gasteiger partial charge is 0.445 e. The van der Waals surface area contributed by atoms with Crippen molar-refractivity contribution in [2.75, 3.05) is 26.2 Å². The number of halogens is 3. The Morgan fingerprint density at radius 2 is 1.33 bits per heavy atom. The number of carbonyl (C=O) groups is 1. The van der Waals surface area contributed by atoms with Gasteiger partial charge in [-0.25, -0.2) is 4.79 Å². The molecule has 1 aliphatic rings. The molecule has 0 unspecified atom stereocenters. The second-order valence-electron chi connectivity index (χ2n) is 7.70. The van der Waals surface area contributed by atoms with Crippen molar-refractivity contribution in [3.8, 4) is 0 Å². The molecule has 1 amide bonds. The van der Waals surface area contributed by atoms with Crippen LogP contribution in [-0.2, 0) is 23.2 Å². The second-order valence-corrected chi connectivity index (χ2v) is 10.1. The van der Waals surface area contributed by atoms with Gasteiger partial charge in [-0.2, -0.15) is 0 Å². The number of nitrogens with zero attached hydrogens (tertiary/aromatic N) is 2. The van der Waals surface area contributed by atoms with E-state index in [0.29, 0.717) is 19.7 Å². The van der Waals surface area contributed by atoms with Crippen molar-refractivity contribution < 1.29 is 9.53 Å². The van der Waals surface area contributed by atoms with Gasteiger partial charge in [0, 0.05) is 47.0 Å². The Morgan fingerprint density at radius 1 is 0.758 bits per heavy atom. The van der Waals surface area contributed by atoms with Gasteiger partial charge in [0.05, 0.1) is 0 Å². The maximum Gasteiger partial charge on any atom is 0.410 e. The molecule has 1 saturated heterocycles. The summed E-state index contributed by atoms with van der Waals surface area (Å²) in [4.78, 5) is 16.3. The zero-order valence-corrected chi connectivity index (χ0v) is 23.1. The Labute approximate surface area is 221 Å². The molecule has 0 aliphatic carbocycles. The van der Waals surface area contributed by atoms with Gasteiger partial charge in [-0.1, -0.05) is 102 Å². The maximum absolute atomic E-state index is 12.2. The number of hydrogen-bond acceptors (Lipinski definition) is 3. The van der Waals surface area contributed by atoms with Crippen LogP contribution >= 0.6 is 47.8 Å². The van der Waals surface area contributed by atoms with Crippen molar-refractivity contribution >= 4 is 53.9 Å². The SMILES string of the molecule is BrCc1cccc(Br)c1.O=C(OCc1ccccc1)N1CCN(Cc2cccc(Br)c2)CC1. The normalized spacial score (nSPS) is 13.7. The number of hydrogen-bond donors (Lipinski definition) is 0. The maximum atomic E-state index is 12.2. The van der Waals surface area contributed by atoms with E-state index in [1.807, 2.05) is 48.5 Å². The van der Waals surface area contributed by atoms with E-state index < -0.39 is 0 Å². The lowest BCUT2D eigenvalue weighted by atomic mass is 10.2. The number of ether oxygens (including phenoxy) is 1. The predicted octanol–water partition coefficient (Wildman–Crippen LogP) is 7.25. The Hall–Kier alpha value is -1.67. The molecule has 3 aromatic rings. The Kier molecular flexibility index (Phi) is 10.9. The van der Waals surface area contributed by atoms with E-state index in [1.54, 1.807) is 4.90 Å². The quantitative estimate of drug-likeness (QED) is 0.276. The molecule has 0 radical (unpaired) electrons. The van der Waals surface area contributed by atoms with Crippen molar-refractivity contribution in [1.82, 2.24) is 9.80 Å². The van der Waals surface area contributed by atoms with Gasteiger partial charge in [0.2, 0.25) is 0 Å². The molecule has 0 atom stereocenters. The molecule has 1 aliphatic heterocycles. The van der Waals surface area contributed by atoms with E-state index in [9.17, 15) is 4.79 Å². The summed E-state index contributed by atoms with van der Waals surface area (Å²) in [5.41, 5.74) is 3.59. The first kappa shape index (κ1) is 25.9. The smallest absolute Gasteiger partial charge is 0.410 e. The lowest BCUT2D eigenvalue weighted by molar-refractivity contribution is 0.0700. The van der Waals surface area contributed by atoms with Crippen LogP contribution in [0, 0.1) is 0 Å². The van der Waals surface area contributed by atoms with Crippen LogP contribution in [0.3, 0.4) is 0 Å². The molecule has 1 heterocycles. The summed E-state index contributed by atoms with van der Waals surface area (Å²) < 4.78 is 7.64. The van der Waals surface area contributed by atoms with Crippen LogP contribution in [0.25, 0.3) is 0 Å². The van der Waals surface area contributed by atoms with Gasteiger partial charge in [-0.3, -0.25) is 4.90 Å². The minimum atomic E-state index is -0.221. The highest BCUT2D eigenvalue weighted by Crippen LogP contribution is 2.15. The number of alkyl halides is 1. The molecule has 0 aromatic heterocycles. The van der Waals surface area contributed by atoms with Crippen LogP contribution in [-0.4, -0.2) is 42.1 Å². The highest BCUT2D eigenvalue weighted by atomic mass is 79.9. The van der Waals surface area contributed by atoms with Gasteiger partial charge in [0.15, 0.2) is 0 Å². The van der Waals surface area contributed by atoms with Gasteiger partial charge < -0.3 is 9.64 Å². The third-order valence-corrected chi connectivity index (χ3v) is 6.81. The van der Waals surface area contributed by atoms with Gasteiger partial charge in [0.1, 0.15) is 6.61 Å². The van der Waals surface area contributed by atoms with E-state index in [-0.39, 0.29) is 6.09 Å². The zero-order valence-electron chi connectivity index (χ0n) is 18.3.